The van der Waals surface area contributed by atoms with Crippen LogP contribution in [0.2, 0.25) is 0 Å². The molecule has 8 aromatic rings. The van der Waals surface area contributed by atoms with Crippen LogP contribution >= 0.6 is 0 Å². The highest BCUT2D eigenvalue weighted by Crippen LogP contribution is 2.30. The molecule has 0 atom stereocenters. The van der Waals surface area contributed by atoms with Crippen molar-refractivity contribution >= 4 is 0 Å². The molecule has 4 heterocycles. The molecule has 68 heavy (non-hydrogen) atoms. The molecule has 0 spiro atoms. The zero-order chi connectivity index (χ0) is 46.6. The van der Waals surface area contributed by atoms with Crippen LogP contribution in [-0.4, -0.2) is 33.1 Å². The molecule has 0 unspecified atom stereocenters. The first kappa shape index (κ1) is 46.3. The van der Waals surface area contributed by atoms with E-state index in [1.54, 1.807) is 24.8 Å². The Labute approximate surface area is 402 Å². The fourth-order valence-electron chi connectivity index (χ4n) is 7.77. The highest BCUT2D eigenvalue weighted by atomic mass is 16.5. The smallest absolute Gasteiger partial charge is 0.121 e. The van der Waals surface area contributed by atoms with Gasteiger partial charge in [-0.1, -0.05) is 87.9 Å². The van der Waals surface area contributed by atoms with E-state index in [0.29, 0.717) is 13.2 Å². The van der Waals surface area contributed by atoms with Gasteiger partial charge in [-0.05, 0) is 179 Å². The average Bonchev–Trinajstić information content (AvgIpc) is 3.40. The molecule has 0 bridgehead atoms. The minimum atomic E-state index is 0.656. The van der Waals surface area contributed by atoms with Gasteiger partial charge in [0.1, 0.15) is 11.5 Å². The lowest BCUT2D eigenvalue weighted by Gasteiger charge is -2.10. The van der Waals surface area contributed by atoms with Crippen LogP contribution in [0.5, 0.6) is 11.5 Å². The molecule has 0 amide bonds. The Morgan fingerprint density at radius 3 is 0.882 bits per heavy atom. The zero-order valence-corrected chi connectivity index (χ0v) is 38.8. The Morgan fingerprint density at radius 2 is 0.574 bits per heavy atom. The molecule has 0 aliphatic rings. The van der Waals surface area contributed by atoms with Gasteiger partial charge < -0.3 is 9.47 Å². The monoisotopic (exact) mass is 886 g/mol. The number of hydrogen-bond acceptors (Lipinski definition) is 6. The van der Waals surface area contributed by atoms with Crippen molar-refractivity contribution in [2.75, 3.05) is 13.2 Å². The van der Waals surface area contributed by atoms with Crippen LogP contribution in [0.3, 0.4) is 0 Å². The minimum absolute atomic E-state index is 0.656. The van der Waals surface area contributed by atoms with E-state index in [1.165, 1.54) is 25.7 Å². The normalized spacial score (nSPS) is 10.4. The van der Waals surface area contributed by atoms with Crippen molar-refractivity contribution in [3.8, 4) is 91.5 Å². The van der Waals surface area contributed by atoms with Crippen LogP contribution in [0.25, 0.3) is 44.5 Å². The van der Waals surface area contributed by atoms with Gasteiger partial charge in [0.15, 0.2) is 0 Å². The summed E-state index contributed by atoms with van der Waals surface area (Å²) in [6.07, 6.45) is 23.5. The van der Waals surface area contributed by atoms with Crippen molar-refractivity contribution in [1.29, 1.82) is 0 Å². The van der Waals surface area contributed by atoms with Crippen LogP contribution < -0.4 is 9.47 Å². The van der Waals surface area contributed by atoms with Crippen molar-refractivity contribution < 1.29 is 9.47 Å². The Hall–Kier alpha value is -8.24. The van der Waals surface area contributed by atoms with E-state index in [2.05, 4.69) is 112 Å². The number of aromatic nitrogens is 4. The van der Waals surface area contributed by atoms with Gasteiger partial charge in [0.2, 0.25) is 0 Å². The number of ether oxygens (including phenoxy) is 2. The summed E-state index contributed by atoms with van der Waals surface area (Å²) in [7, 11) is 0. The molecule has 4 aromatic carbocycles. The summed E-state index contributed by atoms with van der Waals surface area (Å²) in [5.74, 6) is 22.5. The standard InChI is InChI=1S/C62H54N4O2/c1-3-5-7-9-33-67-61-42-51(40-59(45-61)55-21-29-65-30-22-55)15-12-48-35-47(11-14-50-38-57(53-17-25-63-26-18-53)44-58(39-50)54-19-27-64-28-20-54)36-49(37-48)13-16-52-41-60(56-23-31-66-32-24-56)46-62(43-52)68-34-10-8-6-4-2/h17-32,35-46H,3-10,33-34H2,1-2H3. The fraction of sp³-hybridized carbons (Fsp3) is 0.194. The van der Waals surface area contributed by atoms with Crippen LogP contribution in [-0.2, 0) is 0 Å². The Morgan fingerprint density at radius 1 is 0.294 bits per heavy atom. The van der Waals surface area contributed by atoms with Gasteiger partial charge in [0.25, 0.3) is 0 Å². The molecule has 0 aliphatic carbocycles. The number of pyridine rings is 4. The number of nitrogens with zero attached hydrogens (tertiary/aromatic N) is 4. The third kappa shape index (κ3) is 13.6. The average molecular weight is 887 g/mol. The van der Waals surface area contributed by atoms with E-state index in [1.807, 2.05) is 104 Å². The third-order valence-electron chi connectivity index (χ3n) is 11.3. The van der Waals surface area contributed by atoms with Gasteiger partial charge in [0, 0.05) is 83.0 Å². The summed E-state index contributed by atoms with van der Waals surface area (Å²) in [6, 6.07) is 41.0. The van der Waals surface area contributed by atoms with Crippen LogP contribution in [0.1, 0.15) is 98.6 Å². The maximum Gasteiger partial charge on any atom is 0.121 e. The second kappa shape index (κ2) is 24.3. The summed E-state index contributed by atoms with van der Waals surface area (Å²) in [5.41, 5.74) is 13.3. The Balaban J connectivity index is 1.19. The molecule has 334 valence electrons. The summed E-state index contributed by atoms with van der Waals surface area (Å²) >= 11 is 0. The van der Waals surface area contributed by atoms with E-state index < -0.39 is 0 Å². The van der Waals surface area contributed by atoms with Crippen molar-refractivity contribution in [2.24, 2.45) is 0 Å². The molecule has 0 saturated heterocycles. The lowest BCUT2D eigenvalue weighted by atomic mass is 9.97. The zero-order valence-electron chi connectivity index (χ0n) is 38.8. The van der Waals surface area contributed by atoms with Gasteiger partial charge in [-0.25, -0.2) is 0 Å². The first-order valence-electron chi connectivity index (χ1n) is 23.6. The molecule has 0 N–H and O–H groups in total. The number of rotatable bonds is 16. The summed E-state index contributed by atoms with van der Waals surface area (Å²) in [5, 5.41) is 0. The molecular formula is C62H54N4O2. The second-order valence-electron chi connectivity index (χ2n) is 16.6. The van der Waals surface area contributed by atoms with Gasteiger partial charge in [-0.15, -0.1) is 0 Å². The maximum atomic E-state index is 6.31. The molecular weight excluding hydrogens is 833 g/mol. The van der Waals surface area contributed by atoms with Crippen molar-refractivity contribution in [2.45, 2.75) is 65.2 Å². The first-order valence-corrected chi connectivity index (χ1v) is 23.6. The second-order valence-corrected chi connectivity index (χ2v) is 16.6. The maximum absolute atomic E-state index is 6.31. The van der Waals surface area contributed by atoms with E-state index in [4.69, 9.17) is 9.47 Å². The van der Waals surface area contributed by atoms with E-state index in [0.717, 1.165) is 115 Å². The number of benzene rings is 4. The van der Waals surface area contributed by atoms with E-state index in [9.17, 15) is 0 Å². The van der Waals surface area contributed by atoms with Crippen molar-refractivity contribution in [1.82, 2.24) is 19.9 Å². The highest BCUT2D eigenvalue weighted by Gasteiger charge is 2.08. The SMILES string of the molecule is CCCCCCOc1cc(C#Cc2cc(C#Cc3cc(OCCCCCC)cc(-c4ccncc4)c3)cc(C#Cc3cc(-c4ccncc4)cc(-c4ccncc4)c3)c2)cc(-c2ccncc2)c1. The highest BCUT2D eigenvalue weighted by molar-refractivity contribution is 5.76. The molecule has 0 saturated carbocycles. The predicted octanol–water partition coefficient (Wildman–Crippen LogP) is 14.1. The Kier molecular flexibility index (Phi) is 16.6. The lowest BCUT2D eigenvalue weighted by Crippen LogP contribution is -1.98. The van der Waals surface area contributed by atoms with Crippen molar-refractivity contribution in [3.05, 3.63) is 204 Å². The number of hydrogen-bond donors (Lipinski definition) is 0. The Bertz CT molecular complexity index is 2910. The van der Waals surface area contributed by atoms with Gasteiger partial charge >= 0.3 is 0 Å². The van der Waals surface area contributed by atoms with Gasteiger partial charge in [-0.3, -0.25) is 19.9 Å². The quantitative estimate of drug-likeness (QED) is 0.0711. The van der Waals surface area contributed by atoms with Crippen LogP contribution in [0.4, 0.5) is 0 Å². The molecule has 6 nitrogen and oxygen atoms in total. The fourth-order valence-corrected chi connectivity index (χ4v) is 7.77. The summed E-state index contributed by atoms with van der Waals surface area (Å²) in [6.45, 7) is 5.75. The molecule has 0 aliphatic heterocycles. The van der Waals surface area contributed by atoms with Crippen LogP contribution in [0, 0.1) is 35.5 Å². The topological polar surface area (TPSA) is 70.0 Å². The van der Waals surface area contributed by atoms with Crippen molar-refractivity contribution in [3.63, 3.8) is 0 Å². The van der Waals surface area contributed by atoms with Crippen LogP contribution in [0.15, 0.2) is 171 Å². The largest absolute Gasteiger partial charge is 0.494 e. The number of unbranched alkanes of at least 4 members (excludes halogenated alkanes) is 6. The molecule has 0 radical (unpaired) electrons. The predicted molar refractivity (Wildman–Crippen MR) is 276 cm³/mol. The lowest BCUT2D eigenvalue weighted by molar-refractivity contribution is 0.305. The first-order chi connectivity index (χ1) is 33.6. The summed E-state index contributed by atoms with van der Waals surface area (Å²) < 4.78 is 12.6. The molecule has 0 fully saturated rings. The van der Waals surface area contributed by atoms with E-state index in [-0.39, 0.29) is 0 Å². The molecule has 8 rings (SSSR count). The third-order valence-corrected chi connectivity index (χ3v) is 11.3. The van der Waals surface area contributed by atoms with Gasteiger partial charge in [-0.2, -0.15) is 0 Å². The van der Waals surface area contributed by atoms with Gasteiger partial charge in [0.05, 0.1) is 13.2 Å². The minimum Gasteiger partial charge on any atom is -0.494 e. The van der Waals surface area contributed by atoms with E-state index >= 15 is 0 Å². The molecule has 6 heteroatoms. The summed E-state index contributed by atoms with van der Waals surface area (Å²) in [4.78, 5) is 17.0. The molecule has 4 aromatic heterocycles.